The Hall–Kier alpha value is -0.520. The minimum absolute atomic E-state index is 0.0299. The van der Waals surface area contributed by atoms with Gasteiger partial charge in [0.05, 0.1) is 0 Å². The van der Waals surface area contributed by atoms with Gasteiger partial charge in [0.25, 0.3) is 20.2 Å². The SMILES string of the molecule is O=S(=O)(O)c1cc(Br)cc2c(S(=O)(=O)O)cc(Br)cc12. The number of rotatable bonds is 2. The van der Waals surface area contributed by atoms with Crippen LogP contribution in [0.5, 0.6) is 0 Å². The van der Waals surface area contributed by atoms with E-state index in [1.807, 2.05) is 0 Å². The molecule has 0 aliphatic rings. The first-order chi connectivity index (χ1) is 9.00. The largest absolute Gasteiger partial charge is 0.295 e. The lowest BCUT2D eigenvalue weighted by Crippen LogP contribution is -2.03. The van der Waals surface area contributed by atoms with Crippen molar-refractivity contribution in [2.24, 2.45) is 0 Å². The lowest BCUT2D eigenvalue weighted by atomic mass is 10.1. The Bertz CT molecular complexity index is 841. The maximum absolute atomic E-state index is 11.4. The number of hydrogen-bond donors (Lipinski definition) is 2. The molecule has 0 saturated heterocycles. The van der Waals surface area contributed by atoms with Crippen LogP contribution in [0, 0.1) is 0 Å². The molecule has 20 heavy (non-hydrogen) atoms. The molecule has 0 aliphatic heterocycles. The predicted molar refractivity (Wildman–Crippen MR) is 79.0 cm³/mol. The Balaban J connectivity index is 3.13. The topological polar surface area (TPSA) is 109 Å². The highest BCUT2D eigenvalue weighted by Crippen LogP contribution is 2.34. The smallest absolute Gasteiger partial charge is 0.282 e. The quantitative estimate of drug-likeness (QED) is 0.688. The van der Waals surface area contributed by atoms with E-state index < -0.39 is 30.0 Å². The van der Waals surface area contributed by atoms with Crippen LogP contribution >= 0.6 is 31.9 Å². The van der Waals surface area contributed by atoms with Gasteiger partial charge in [0.2, 0.25) is 0 Å². The van der Waals surface area contributed by atoms with Gasteiger partial charge in [-0.3, -0.25) is 9.11 Å². The van der Waals surface area contributed by atoms with Gasteiger partial charge in [-0.1, -0.05) is 31.9 Å². The molecule has 2 N–H and O–H groups in total. The summed E-state index contributed by atoms with van der Waals surface area (Å²) in [7, 11) is -9.12. The monoisotopic (exact) mass is 444 g/mol. The van der Waals surface area contributed by atoms with Crippen molar-refractivity contribution in [3.8, 4) is 0 Å². The average Bonchev–Trinajstić information content (AvgIpc) is 2.25. The molecule has 0 heterocycles. The molecular formula is C10H6Br2O6S2. The van der Waals surface area contributed by atoms with Gasteiger partial charge in [-0.05, 0) is 24.3 Å². The first-order valence-electron chi connectivity index (χ1n) is 4.88. The lowest BCUT2D eigenvalue weighted by Gasteiger charge is -2.09. The van der Waals surface area contributed by atoms with E-state index in [9.17, 15) is 25.9 Å². The highest BCUT2D eigenvalue weighted by atomic mass is 79.9. The molecule has 0 unspecified atom stereocenters. The summed E-state index contributed by atoms with van der Waals surface area (Å²) in [6.45, 7) is 0. The summed E-state index contributed by atoms with van der Waals surface area (Å²) in [6, 6.07) is 4.94. The normalized spacial score (nSPS) is 12.8. The van der Waals surface area contributed by atoms with Crippen molar-refractivity contribution in [1.82, 2.24) is 0 Å². The molecule has 2 aromatic carbocycles. The zero-order valence-corrected chi connectivity index (χ0v) is 14.2. The molecule has 0 spiro atoms. The standard InChI is InChI=1S/C10H6Br2O6S2/c11-5-1-7-8(10(3-5)20(16,17)18)2-6(12)4-9(7)19(13,14)15/h1-4H,(H,13,14,15)(H,16,17,18). The molecular weight excluding hydrogens is 440 g/mol. The Kier molecular flexibility index (Phi) is 4.00. The lowest BCUT2D eigenvalue weighted by molar-refractivity contribution is 0.481. The van der Waals surface area contributed by atoms with E-state index in [4.69, 9.17) is 0 Å². The van der Waals surface area contributed by atoms with Crippen molar-refractivity contribution in [2.45, 2.75) is 9.79 Å². The fourth-order valence-corrected chi connectivity index (χ4v) is 4.42. The molecule has 108 valence electrons. The maximum Gasteiger partial charge on any atom is 0.295 e. The van der Waals surface area contributed by atoms with Gasteiger partial charge in [-0.15, -0.1) is 0 Å². The zero-order valence-electron chi connectivity index (χ0n) is 9.41. The van der Waals surface area contributed by atoms with Gasteiger partial charge in [0, 0.05) is 19.7 Å². The number of benzene rings is 2. The summed E-state index contributed by atoms with van der Waals surface area (Å²) in [4.78, 5) is -0.929. The van der Waals surface area contributed by atoms with Crippen LogP contribution in [0.15, 0.2) is 43.0 Å². The highest BCUT2D eigenvalue weighted by Gasteiger charge is 2.21. The molecule has 0 aliphatic carbocycles. The van der Waals surface area contributed by atoms with Crippen molar-refractivity contribution >= 4 is 62.9 Å². The third kappa shape index (κ3) is 3.05. The molecule has 0 aromatic heterocycles. The third-order valence-electron chi connectivity index (χ3n) is 2.48. The number of hydrogen-bond acceptors (Lipinski definition) is 4. The van der Waals surface area contributed by atoms with E-state index in [1.165, 1.54) is 12.1 Å². The minimum Gasteiger partial charge on any atom is -0.282 e. The molecule has 0 fully saturated rings. The zero-order chi connectivity index (χ0) is 15.3. The molecule has 0 amide bonds. The fourth-order valence-electron chi connectivity index (χ4n) is 1.76. The van der Waals surface area contributed by atoms with Crippen LogP contribution in [0.2, 0.25) is 0 Å². The number of fused-ring (bicyclic) bond motifs is 1. The summed E-state index contributed by atoms with van der Waals surface area (Å²) in [5, 5.41) is -0.0598. The summed E-state index contributed by atoms with van der Waals surface area (Å²) >= 11 is 6.06. The first-order valence-corrected chi connectivity index (χ1v) is 9.34. The minimum atomic E-state index is -4.56. The first kappa shape index (κ1) is 15.9. The Labute approximate surface area is 131 Å². The van der Waals surface area contributed by atoms with Crippen LogP contribution < -0.4 is 0 Å². The second kappa shape index (κ2) is 5.04. The Morgan fingerprint density at radius 2 is 1.00 bits per heavy atom. The third-order valence-corrected chi connectivity index (χ3v) is 5.18. The van der Waals surface area contributed by atoms with Crippen LogP contribution in [0.25, 0.3) is 10.8 Å². The Morgan fingerprint density at radius 1 is 0.700 bits per heavy atom. The summed E-state index contributed by atoms with van der Waals surface area (Å²) < 4.78 is 64.4. The van der Waals surface area contributed by atoms with E-state index in [0.717, 1.165) is 12.1 Å². The van der Waals surface area contributed by atoms with Gasteiger partial charge < -0.3 is 0 Å². The molecule has 0 atom stereocenters. The molecule has 0 bridgehead atoms. The van der Waals surface area contributed by atoms with Gasteiger partial charge in [0.1, 0.15) is 9.79 Å². The molecule has 0 radical (unpaired) electrons. The van der Waals surface area contributed by atoms with E-state index in [-0.39, 0.29) is 19.7 Å². The van der Waals surface area contributed by atoms with Gasteiger partial charge in [0.15, 0.2) is 0 Å². The maximum atomic E-state index is 11.4. The van der Waals surface area contributed by atoms with Crippen molar-refractivity contribution in [1.29, 1.82) is 0 Å². The molecule has 2 rings (SSSR count). The van der Waals surface area contributed by atoms with Crippen LogP contribution in [0.4, 0.5) is 0 Å². The second-order valence-corrected chi connectivity index (χ2v) is 8.46. The van der Waals surface area contributed by atoms with Crippen LogP contribution in [-0.2, 0) is 20.2 Å². The van der Waals surface area contributed by atoms with E-state index >= 15 is 0 Å². The number of halogens is 2. The molecule has 0 saturated carbocycles. The fraction of sp³-hybridized carbons (Fsp3) is 0. The van der Waals surface area contributed by atoms with Crippen molar-refractivity contribution in [3.05, 3.63) is 33.2 Å². The summed E-state index contributed by atoms with van der Waals surface area (Å²) in [5.74, 6) is 0. The van der Waals surface area contributed by atoms with Gasteiger partial charge in [-0.25, -0.2) is 0 Å². The molecule has 10 heteroatoms. The average molecular weight is 446 g/mol. The molecule has 2 aromatic rings. The Morgan fingerprint density at radius 3 is 1.25 bits per heavy atom. The predicted octanol–water partition coefficient (Wildman–Crippen LogP) is 2.86. The summed E-state index contributed by atoms with van der Waals surface area (Å²) in [6.07, 6.45) is 0. The van der Waals surface area contributed by atoms with E-state index in [0.29, 0.717) is 0 Å². The van der Waals surface area contributed by atoms with Crippen LogP contribution in [-0.4, -0.2) is 25.9 Å². The van der Waals surface area contributed by atoms with Crippen molar-refractivity contribution in [2.75, 3.05) is 0 Å². The molecule has 6 nitrogen and oxygen atoms in total. The van der Waals surface area contributed by atoms with Crippen molar-refractivity contribution < 1.29 is 25.9 Å². The van der Waals surface area contributed by atoms with Gasteiger partial charge in [-0.2, -0.15) is 16.8 Å². The highest BCUT2D eigenvalue weighted by molar-refractivity contribution is 9.10. The summed E-state index contributed by atoms with van der Waals surface area (Å²) in [5.41, 5.74) is 0. The van der Waals surface area contributed by atoms with E-state index in [1.54, 1.807) is 0 Å². The van der Waals surface area contributed by atoms with E-state index in [2.05, 4.69) is 31.9 Å². The van der Waals surface area contributed by atoms with Gasteiger partial charge >= 0.3 is 0 Å². The second-order valence-electron chi connectivity index (χ2n) is 3.85. The van der Waals surface area contributed by atoms with Crippen LogP contribution in [0.3, 0.4) is 0 Å². The van der Waals surface area contributed by atoms with Crippen molar-refractivity contribution in [3.63, 3.8) is 0 Å². The van der Waals surface area contributed by atoms with Crippen LogP contribution in [0.1, 0.15) is 0 Å².